The van der Waals surface area contributed by atoms with Gasteiger partial charge in [-0.1, -0.05) is 11.6 Å². The molecule has 0 saturated heterocycles. The zero-order valence-electron chi connectivity index (χ0n) is 9.03. The van der Waals surface area contributed by atoms with Crippen LogP contribution in [0.2, 0.25) is 5.02 Å². The Balaban J connectivity index is 2.54. The molecule has 1 heterocycles. The second-order valence-corrected chi connectivity index (χ2v) is 3.90. The van der Waals surface area contributed by atoms with Gasteiger partial charge in [0, 0.05) is 11.6 Å². The molecule has 0 aliphatic heterocycles. The number of aromatic carboxylic acids is 1. The second-order valence-electron chi connectivity index (χ2n) is 3.53. The number of carboxylic acid groups (broad SMARTS) is 1. The first-order chi connectivity index (χ1) is 8.78. The number of rotatable bonds is 2. The van der Waals surface area contributed by atoms with Gasteiger partial charge in [0.25, 0.3) is 0 Å². The maximum Gasteiger partial charge on any atom is 0.573 e. The van der Waals surface area contributed by atoms with Gasteiger partial charge in [-0.3, -0.25) is 4.98 Å². The van der Waals surface area contributed by atoms with E-state index in [1.54, 1.807) is 0 Å². The monoisotopic (exact) mass is 291 g/mol. The van der Waals surface area contributed by atoms with E-state index in [0.717, 1.165) is 12.3 Å². The molecule has 8 heteroatoms. The minimum atomic E-state index is -4.86. The Labute approximate surface area is 109 Å². The van der Waals surface area contributed by atoms with Gasteiger partial charge >= 0.3 is 12.3 Å². The molecule has 19 heavy (non-hydrogen) atoms. The zero-order chi connectivity index (χ0) is 14.2. The largest absolute Gasteiger partial charge is 0.573 e. The number of benzene rings is 1. The van der Waals surface area contributed by atoms with Gasteiger partial charge in [-0.15, -0.1) is 13.2 Å². The van der Waals surface area contributed by atoms with Gasteiger partial charge in [0.1, 0.15) is 10.8 Å². The van der Waals surface area contributed by atoms with Crippen molar-refractivity contribution in [2.45, 2.75) is 6.36 Å². The lowest BCUT2D eigenvalue weighted by molar-refractivity contribution is -0.274. The molecule has 0 saturated carbocycles. The summed E-state index contributed by atoms with van der Waals surface area (Å²) in [5.41, 5.74) is -0.0542. The van der Waals surface area contributed by atoms with Crippen molar-refractivity contribution in [2.24, 2.45) is 0 Å². The van der Waals surface area contributed by atoms with Gasteiger partial charge in [0.05, 0.1) is 11.1 Å². The van der Waals surface area contributed by atoms with E-state index in [1.165, 1.54) is 12.1 Å². The molecule has 0 amide bonds. The number of carbonyl (C=O) groups is 1. The van der Waals surface area contributed by atoms with Crippen LogP contribution in [0.3, 0.4) is 0 Å². The number of carboxylic acids is 1. The highest BCUT2D eigenvalue weighted by atomic mass is 35.5. The van der Waals surface area contributed by atoms with Crippen molar-refractivity contribution in [3.05, 3.63) is 35.0 Å². The van der Waals surface area contributed by atoms with Crippen molar-refractivity contribution >= 4 is 28.5 Å². The van der Waals surface area contributed by atoms with E-state index < -0.39 is 18.1 Å². The minimum absolute atomic E-state index is 0.0356. The van der Waals surface area contributed by atoms with Gasteiger partial charge < -0.3 is 9.84 Å². The Hall–Kier alpha value is -2.02. The summed E-state index contributed by atoms with van der Waals surface area (Å²) >= 11 is 5.74. The lowest BCUT2D eigenvalue weighted by atomic mass is 10.1. The number of alkyl halides is 3. The Morgan fingerprint density at radius 2 is 2.05 bits per heavy atom. The smallest absolute Gasteiger partial charge is 0.478 e. The average Bonchev–Trinajstić information content (AvgIpc) is 2.31. The Morgan fingerprint density at radius 3 is 2.63 bits per heavy atom. The predicted octanol–water partition coefficient (Wildman–Crippen LogP) is 3.49. The SMILES string of the molecule is O=C(O)c1cnc2c(Cl)c(OC(F)(F)F)ccc2c1. The van der Waals surface area contributed by atoms with Crippen molar-refractivity contribution in [3.8, 4) is 5.75 Å². The van der Waals surface area contributed by atoms with Crippen LogP contribution in [0.25, 0.3) is 10.9 Å². The molecular formula is C11H5ClF3NO3. The number of fused-ring (bicyclic) bond motifs is 1. The normalized spacial score (nSPS) is 11.6. The molecule has 100 valence electrons. The van der Waals surface area contributed by atoms with E-state index in [2.05, 4.69) is 9.72 Å². The number of hydrogen-bond acceptors (Lipinski definition) is 3. The summed E-state index contributed by atoms with van der Waals surface area (Å²) in [7, 11) is 0. The van der Waals surface area contributed by atoms with Crippen LogP contribution in [0.4, 0.5) is 13.2 Å². The van der Waals surface area contributed by atoms with Gasteiger partial charge in [0.15, 0.2) is 0 Å². The van der Waals surface area contributed by atoms with Crippen molar-refractivity contribution in [3.63, 3.8) is 0 Å². The molecule has 0 atom stereocenters. The van der Waals surface area contributed by atoms with Crippen molar-refractivity contribution in [2.75, 3.05) is 0 Å². The zero-order valence-corrected chi connectivity index (χ0v) is 9.79. The van der Waals surface area contributed by atoms with Crippen LogP contribution in [-0.4, -0.2) is 22.4 Å². The van der Waals surface area contributed by atoms with Gasteiger partial charge in [-0.05, 0) is 18.2 Å². The number of nitrogens with zero attached hydrogens (tertiary/aromatic N) is 1. The minimum Gasteiger partial charge on any atom is -0.478 e. The number of halogens is 4. The third-order valence-corrected chi connectivity index (χ3v) is 2.59. The summed E-state index contributed by atoms with van der Waals surface area (Å²) in [4.78, 5) is 14.5. The highest BCUT2D eigenvalue weighted by molar-refractivity contribution is 6.36. The summed E-state index contributed by atoms with van der Waals surface area (Å²) < 4.78 is 40.1. The molecule has 0 bridgehead atoms. The average molecular weight is 292 g/mol. The third kappa shape index (κ3) is 2.87. The topological polar surface area (TPSA) is 59.4 Å². The van der Waals surface area contributed by atoms with E-state index in [9.17, 15) is 18.0 Å². The first kappa shape index (κ1) is 13.4. The van der Waals surface area contributed by atoms with E-state index in [0.29, 0.717) is 5.39 Å². The van der Waals surface area contributed by atoms with Crippen LogP contribution in [0.15, 0.2) is 24.4 Å². The Bertz CT molecular complexity index is 657. The molecule has 2 rings (SSSR count). The van der Waals surface area contributed by atoms with Gasteiger partial charge in [-0.25, -0.2) is 4.79 Å². The maximum atomic E-state index is 12.1. The fraction of sp³-hybridized carbons (Fsp3) is 0.0909. The summed E-state index contributed by atoms with van der Waals surface area (Å²) in [6, 6.07) is 3.51. The lowest BCUT2D eigenvalue weighted by Gasteiger charge is -2.11. The summed E-state index contributed by atoms with van der Waals surface area (Å²) in [6.07, 6.45) is -3.85. The van der Waals surface area contributed by atoms with Crippen LogP contribution in [0.5, 0.6) is 5.75 Å². The Morgan fingerprint density at radius 1 is 1.37 bits per heavy atom. The molecule has 1 aromatic carbocycles. The predicted molar refractivity (Wildman–Crippen MR) is 60.4 cm³/mol. The lowest BCUT2D eigenvalue weighted by Crippen LogP contribution is -2.17. The molecule has 2 aromatic rings. The first-order valence-corrected chi connectivity index (χ1v) is 5.23. The van der Waals surface area contributed by atoms with Crippen LogP contribution in [0, 0.1) is 0 Å². The van der Waals surface area contributed by atoms with Crippen LogP contribution in [0.1, 0.15) is 10.4 Å². The summed E-state index contributed by atoms with van der Waals surface area (Å²) in [5.74, 6) is -1.78. The molecular weight excluding hydrogens is 287 g/mol. The van der Waals surface area contributed by atoms with Crippen LogP contribution >= 0.6 is 11.6 Å². The highest BCUT2D eigenvalue weighted by Gasteiger charge is 2.32. The first-order valence-electron chi connectivity index (χ1n) is 4.85. The van der Waals surface area contributed by atoms with Crippen molar-refractivity contribution < 1.29 is 27.8 Å². The van der Waals surface area contributed by atoms with Crippen molar-refractivity contribution in [1.29, 1.82) is 0 Å². The van der Waals surface area contributed by atoms with Crippen molar-refractivity contribution in [1.82, 2.24) is 4.98 Å². The molecule has 0 radical (unpaired) electrons. The molecule has 0 fully saturated rings. The fourth-order valence-corrected chi connectivity index (χ4v) is 1.73. The Kier molecular flexibility index (Phi) is 3.23. The number of ether oxygens (including phenoxy) is 1. The number of hydrogen-bond donors (Lipinski definition) is 1. The van der Waals surface area contributed by atoms with E-state index >= 15 is 0 Å². The van der Waals surface area contributed by atoms with E-state index in [-0.39, 0.29) is 16.1 Å². The molecule has 0 spiro atoms. The van der Waals surface area contributed by atoms with E-state index in [4.69, 9.17) is 16.7 Å². The number of pyridine rings is 1. The van der Waals surface area contributed by atoms with Gasteiger partial charge in [0.2, 0.25) is 0 Å². The molecule has 1 N–H and O–H groups in total. The summed E-state index contributed by atoms with van der Waals surface area (Å²) in [5, 5.41) is 8.75. The molecule has 0 aliphatic rings. The van der Waals surface area contributed by atoms with Gasteiger partial charge in [-0.2, -0.15) is 0 Å². The number of aromatic nitrogens is 1. The molecule has 4 nitrogen and oxygen atoms in total. The third-order valence-electron chi connectivity index (χ3n) is 2.23. The van der Waals surface area contributed by atoms with E-state index in [1.807, 2.05) is 0 Å². The van der Waals surface area contributed by atoms with Crippen LogP contribution in [-0.2, 0) is 0 Å². The highest BCUT2D eigenvalue weighted by Crippen LogP contribution is 2.35. The maximum absolute atomic E-state index is 12.1. The quantitative estimate of drug-likeness (QED) is 0.920. The van der Waals surface area contributed by atoms with Crippen LogP contribution < -0.4 is 4.74 Å². The fourth-order valence-electron chi connectivity index (χ4n) is 1.47. The second kappa shape index (κ2) is 4.58. The standard InChI is InChI=1S/C11H5ClF3NO3/c12-8-7(19-11(13,14)15)2-1-5-3-6(10(17)18)4-16-9(5)8/h1-4H,(H,17,18). The molecule has 1 aromatic heterocycles. The molecule has 0 aliphatic carbocycles. The molecule has 0 unspecified atom stereocenters. The summed E-state index contributed by atoms with van der Waals surface area (Å²) in [6.45, 7) is 0.